The predicted molar refractivity (Wildman–Crippen MR) is 77.3 cm³/mol. The molecule has 1 aliphatic rings. The summed E-state index contributed by atoms with van der Waals surface area (Å²) < 4.78 is 0. The first kappa shape index (κ1) is 13.8. The first-order valence-corrected chi connectivity index (χ1v) is 6.80. The largest absolute Gasteiger partial charge is 0.368 e. The van der Waals surface area contributed by atoms with Gasteiger partial charge < -0.3 is 20.9 Å². The van der Waals surface area contributed by atoms with E-state index in [-0.39, 0.29) is 5.95 Å². The van der Waals surface area contributed by atoms with Crippen molar-refractivity contribution >= 4 is 17.8 Å². The fourth-order valence-electron chi connectivity index (χ4n) is 2.17. The quantitative estimate of drug-likeness (QED) is 0.721. The molecule has 7 nitrogen and oxygen atoms in total. The maximum Gasteiger partial charge on any atom is 0.231 e. The van der Waals surface area contributed by atoms with Crippen LogP contribution in [0.4, 0.5) is 17.8 Å². The van der Waals surface area contributed by atoms with E-state index >= 15 is 0 Å². The number of nitrogen functional groups attached to an aromatic ring is 1. The Morgan fingerprint density at radius 3 is 2.63 bits per heavy atom. The van der Waals surface area contributed by atoms with Gasteiger partial charge in [0.2, 0.25) is 17.8 Å². The van der Waals surface area contributed by atoms with Gasteiger partial charge in [-0.15, -0.1) is 0 Å². The normalized spacial score (nSPS) is 15.7. The number of hydrogen-bond donors (Lipinski definition) is 2. The molecule has 1 aromatic heterocycles. The van der Waals surface area contributed by atoms with E-state index in [1.54, 1.807) is 0 Å². The standard InChI is InChI=1S/C12H23N7/c1-18(2)12-16-10(13)15-11(17-12)14-6-5-9-19-7-3-4-8-19/h3-9H2,1-2H3,(H3,13,14,15,16,17). The van der Waals surface area contributed by atoms with Crippen molar-refractivity contribution in [2.24, 2.45) is 0 Å². The van der Waals surface area contributed by atoms with Crippen molar-refractivity contribution in [1.29, 1.82) is 0 Å². The molecule has 7 heteroatoms. The third-order valence-corrected chi connectivity index (χ3v) is 3.17. The lowest BCUT2D eigenvalue weighted by molar-refractivity contribution is 0.337. The van der Waals surface area contributed by atoms with Crippen LogP contribution < -0.4 is 16.0 Å². The van der Waals surface area contributed by atoms with E-state index in [1.165, 1.54) is 25.9 Å². The van der Waals surface area contributed by atoms with Gasteiger partial charge in [0, 0.05) is 20.6 Å². The summed E-state index contributed by atoms with van der Waals surface area (Å²) >= 11 is 0. The van der Waals surface area contributed by atoms with Crippen LogP contribution >= 0.6 is 0 Å². The third-order valence-electron chi connectivity index (χ3n) is 3.17. The SMILES string of the molecule is CN(C)c1nc(N)nc(NCCCN2CCCC2)n1. The summed E-state index contributed by atoms with van der Waals surface area (Å²) in [6, 6.07) is 0. The fraction of sp³-hybridized carbons (Fsp3) is 0.750. The average Bonchev–Trinajstić information content (AvgIpc) is 2.87. The third kappa shape index (κ3) is 4.20. The first-order chi connectivity index (χ1) is 9.15. The van der Waals surface area contributed by atoms with Gasteiger partial charge in [0.15, 0.2) is 0 Å². The van der Waals surface area contributed by atoms with Gasteiger partial charge in [-0.2, -0.15) is 15.0 Å². The van der Waals surface area contributed by atoms with Crippen LogP contribution in [0.1, 0.15) is 19.3 Å². The van der Waals surface area contributed by atoms with Crippen LogP contribution in [-0.4, -0.2) is 60.1 Å². The van der Waals surface area contributed by atoms with Gasteiger partial charge in [-0.1, -0.05) is 0 Å². The van der Waals surface area contributed by atoms with Crippen LogP contribution in [0.5, 0.6) is 0 Å². The number of nitrogens with two attached hydrogens (primary N) is 1. The van der Waals surface area contributed by atoms with Crippen molar-refractivity contribution < 1.29 is 0 Å². The van der Waals surface area contributed by atoms with Gasteiger partial charge >= 0.3 is 0 Å². The second-order valence-corrected chi connectivity index (χ2v) is 5.04. The molecule has 1 aromatic rings. The minimum Gasteiger partial charge on any atom is -0.368 e. The Bertz CT molecular complexity index is 401. The predicted octanol–water partition coefficient (Wildman–Crippen LogP) is 0.418. The molecule has 0 aromatic carbocycles. The van der Waals surface area contributed by atoms with E-state index in [1.807, 2.05) is 19.0 Å². The number of rotatable bonds is 6. The molecular formula is C12H23N7. The minimum absolute atomic E-state index is 0.251. The van der Waals surface area contributed by atoms with Crippen molar-refractivity contribution in [3.05, 3.63) is 0 Å². The highest BCUT2D eigenvalue weighted by Crippen LogP contribution is 2.10. The molecule has 1 aliphatic heterocycles. The molecule has 1 fully saturated rings. The zero-order valence-electron chi connectivity index (χ0n) is 11.8. The van der Waals surface area contributed by atoms with E-state index in [4.69, 9.17) is 5.73 Å². The molecule has 0 saturated carbocycles. The van der Waals surface area contributed by atoms with Gasteiger partial charge in [-0.25, -0.2) is 0 Å². The number of hydrogen-bond acceptors (Lipinski definition) is 7. The van der Waals surface area contributed by atoms with Crippen LogP contribution in [-0.2, 0) is 0 Å². The van der Waals surface area contributed by atoms with Gasteiger partial charge in [0.25, 0.3) is 0 Å². The van der Waals surface area contributed by atoms with Gasteiger partial charge in [-0.05, 0) is 38.9 Å². The zero-order chi connectivity index (χ0) is 13.7. The van der Waals surface area contributed by atoms with Crippen molar-refractivity contribution in [1.82, 2.24) is 19.9 Å². The minimum atomic E-state index is 0.251. The second kappa shape index (κ2) is 6.51. The Balaban J connectivity index is 1.78. The maximum absolute atomic E-state index is 5.66. The topological polar surface area (TPSA) is 83.2 Å². The number of anilines is 3. The molecule has 19 heavy (non-hydrogen) atoms. The average molecular weight is 265 g/mol. The summed E-state index contributed by atoms with van der Waals surface area (Å²) in [6.07, 6.45) is 3.76. The summed E-state index contributed by atoms with van der Waals surface area (Å²) in [5.41, 5.74) is 5.66. The monoisotopic (exact) mass is 265 g/mol. The number of likely N-dealkylation sites (tertiary alicyclic amines) is 1. The second-order valence-electron chi connectivity index (χ2n) is 5.04. The Labute approximate surface area is 114 Å². The zero-order valence-corrected chi connectivity index (χ0v) is 11.8. The number of aromatic nitrogens is 3. The summed E-state index contributed by atoms with van der Waals surface area (Å²) in [7, 11) is 3.76. The van der Waals surface area contributed by atoms with Crippen molar-refractivity contribution in [3.63, 3.8) is 0 Å². The van der Waals surface area contributed by atoms with Crippen molar-refractivity contribution in [2.75, 3.05) is 56.2 Å². The molecule has 0 unspecified atom stereocenters. The van der Waals surface area contributed by atoms with Crippen LogP contribution in [0.15, 0.2) is 0 Å². The Morgan fingerprint density at radius 1 is 1.21 bits per heavy atom. The fourth-order valence-corrected chi connectivity index (χ4v) is 2.17. The maximum atomic E-state index is 5.66. The molecule has 0 atom stereocenters. The van der Waals surface area contributed by atoms with Crippen LogP contribution in [0.2, 0.25) is 0 Å². The molecule has 1 saturated heterocycles. The smallest absolute Gasteiger partial charge is 0.231 e. The first-order valence-electron chi connectivity index (χ1n) is 6.80. The summed E-state index contributed by atoms with van der Waals surface area (Å²) in [5, 5.41) is 3.21. The molecule has 0 radical (unpaired) electrons. The Hall–Kier alpha value is -1.63. The van der Waals surface area contributed by atoms with Crippen molar-refractivity contribution in [3.8, 4) is 0 Å². The highest BCUT2D eigenvalue weighted by Gasteiger charge is 2.10. The summed E-state index contributed by atoms with van der Waals surface area (Å²) in [4.78, 5) is 16.8. The van der Waals surface area contributed by atoms with Crippen LogP contribution in [0.3, 0.4) is 0 Å². The molecule has 0 spiro atoms. The molecule has 3 N–H and O–H groups in total. The molecule has 2 rings (SSSR count). The molecule has 0 amide bonds. The van der Waals surface area contributed by atoms with E-state index in [2.05, 4.69) is 25.2 Å². The molecular weight excluding hydrogens is 242 g/mol. The molecule has 0 aliphatic carbocycles. The van der Waals surface area contributed by atoms with Gasteiger partial charge in [0.1, 0.15) is 0 Å². The van der Waals surface area contributed by atoms with E-state index in [9.17, 15) is 0 Å². The van der Waals surface area contributed by atoms with Crippen LogP contribution in [0, 0.1) is 0 Å². The van der Waals surface area contributed by atoms with Gasteiger partial charge in [0.05, 0.1) is 0 Å². The molecule has 2 heterocycles. The van der Waals surface area contributed by atoms with Crippen LogP contribution in [0.25, 0.3) is 0 Å². The lowest BCUT2D eigenvalue weighted by Crippen LogP contribution is -2.23. The number of nitrogens with one attached hydrogen (secondary N) is 1. The Kier molecular flexibility index (Phi) is 4.73. The summed E-state index contributed by atoms with van der Waals surface area (Å²) in [6.45, 7) is 4.47. The summed E-state index contributed by atoms with van der Waals surface area (Å²) in [5.74, 6) is 1.38. The Morgan fingerprint density at radius 2 is 1.95 bits per heavy atom. The van der Waals surface area contributed by atoms with E-state index in [0.717, 1.165) is 19.5 Å². The number of nitrogens with zero attached hydrogens (tertiary/aromatic N) is 5. The molecule has 106 valence electrons. The lowest BCUT2D eigenvalue weighted by Gasteiger charge is -2.15. The highest BCUT2D eigenvalue weighted by atomic mass is 15.3. The highest BCUT2D eigenvalue weighted by molar-refractivity contribution is 5.40. The molecule has 0 bridgehead atoms. The van der Waals surface area contributed by atoms with Crippen molar-refractivity contribution in [2.45, 2.75) is 19.3 Å². The van der Waals surface area contributed by atoms with E-state index < -0.39 is 0 Å². The van der Waals surface area contributed by atoms with E-state index in [0.29, 0.717) is 11.9 Å². The lowest BCUT2D eigenvalue weighted by atomic mass is 10.4. The van der Waals surface area contributed by atoms with Gasteiger partial charge in [-0.3, -0.25) is 0 Å².